The molecule has 1 aliphatic rings. The minimum atomic E-state index is -0.152. The van der Waals surface area contributed by atoms with Crippen LogP contribution in [0.4, 0.5) is 11.6 Å². The largest absolute Gasteiger partial charge is 0.497 e. The molecule has 2 aromatic heterocycles. The third-order valence-corrected chi connectivity index (χ3v) is 8.17. The predicted molar refractivity (Wildman–Crippen MR) is 165 cm³/mol. The molecule has 0 unspecified atom stereocenters. The average molecular weight is 586 g/mol. The number of rotatable bonds is 12. The molecule has 0 radical (unpaired) electrons. The third-order valence-electron chi connectivity index (χ3n) is 7.04. The normalized spacial score (nSPS) is 13.9. The molecule has 10 heteroatoms. The van der Waals surface area contributed by atoms with Crippen LogP contribution < -0.4 is 19.5 Å². The van der Waals surface area contributed by atoms with E-state index in [1.54, 1.807) is 13.3 Å². The number of piperidine rings is 1. The molecule has 2 aromatic carbocycles. The molecular formula is C32H35N5O4S. The van der Waals surface area contributed by atoms with Gasteiger partial charge in [-0.2, -0.15) is 5.26 Å². The topological polar surface area (TPSA) is 113 Å². The maximum Gasteiger partial charge on any atom is 0.227 e. The first-order valence-corrected chi connectivity index (χ1v) is 15.0. The number of aromatic nitrogens is 2. The standard InChI is InChI=1S/C32H35N5O4S/c1-3-40-31-27(21-33)29(22-7-4-9-25(19-22)39-2)30(42-31)28-11-14-34-32(36-28)35-23-8-5-10-26(20-23)41-18-6-15-37-16-12-24(38)13-17-37/h4-5,7-11,14,19-20,24,38H,3,6,12-13,15-18H2,1-2H3,(H,34,35,36). The molecule has 1 aliphatic heterocycles. The molecule has 0 bridgehead atoms. The Morgan fingerprint density at radius 2 is 1.90 bits per heavy atom. The summed E-state index contributed by atoms with van der Waals surface area (Å²) in [5.41, 5.74) is 3.56. The minimum Gasteiger partial charge on any atom is -0.497 e. The lowest BCUT2D eigenvalue weighted by molar-refractivity contribution is 0.0800. The maximum atomic E-state index is 10.1. The Morgan fingerprint density at radius 1 is 1.10 bits per heavy atom. The van der Waals surface area contributed by atoms with Crippen molar-refractivity contribution in [3.8, 4) is 44.3 Å². The fourth-order valence-corrected chi connectivity index (χ4v) is 6.09. The quantitative estimate of drug-likeness (QED) is 0.190. The van der Waals surface area contributed by atoms with Crippen molar-refractivity contribution < 1.29 is 19.3 Å². The van der Waals surface area contributed by atoms with E-state index in [2.05, 4.69) is 21.3 Å². The molecule has 0 aliphatic carbocycles. The zero-order valence-electron chi connectivity index (χ0n) is 23.9. The Bertz CT molecular complexity index is 1530. The van der Waals surface area contributed by atoms with Gasteiger partial charge in [-0.05, 0) is 62.1 Å². The SMILES string of the molecule is CCOc1sc(-c2ccnc(Nc3cccc(OCCCN4CCC(O)CC4)c3)n2)c(-c2cccc(OC)c2)c1C#N. The lowest BCUT2D eigenvalue weighted by Gasteiger charge is -2.29. The number of aliphatic hydroxyl groups is 1. The lowest BCUT2D eigenvalue weighted by Crippen LogP contribution is -2.36. The molecule has 4 aromatic rings. The summed E-state index contributed by atoms with van der Waals surface area (Å²) in [5.74, 6) is 1.90. The Labute approximate surface area is 250 Å². The van der Waals surface area contributed by atoms with Crippen LogP contribution in [0.15, 0.2) is 60.8 Å². The summed E-state index contributed by atoms with van der Waals surface area (Å²) in [5, 5.41) is 23.6. The highest BCUT2D eigenvalue weighted by Gasteiger charge is 2.23. The number of benzene rings is 2. The Kier molecular flexibility index (Phi) is 9.87. The molecule has 218 valence electrons. The lowest BCUT2D eigenvalue weighted by atomic mass is 10.0. The number of anilines is 2. The van der Waals surface area contributed by atoms with Crippen molar-refractivity contribution in [3.63, 3.8) is 0 Å². The van der Waals surface area contributed by atoms with E-state index in [4.69, 9.17) is 19.2 Å². The molecule has 0 saturated carbocycles. The number of ether oxygens (including phenoxy) is 3. The molecule has 3 heterocycles. The molecule has 5 rings (SSSR count). The van der Waals surface area contributed by atoms with Crippen LogP contribution in [0.1, 0.15) is 31.7 Å². The highest BCUT2D eigenvalue weighted by Crippen LogP contribution is 2.47. The number of nitrogens with zero attached hydrogens (tertiary/aromatic N) is 4. The van der Waals surface area contributed by atoms with Gasteiger partial charge in [0.05, 0.1) is 37.0 Å². The second-order valence-corrected chi connectivity index (χ2v) is 10.9. The van der Waals surface area contributed by atoms with E-state index in [1.807, 2.05) is 61.5 Å². The van der Waals surface area contributed by atoms with Crippen LogP contribution in [-0.2, 0) is 0 Å². The summed E-state index contributed by atoms with van der Waals surface area (Å²) in [6.45, 7) is 5.81. The number of aliphatic hydroxyl groups excluding tert-OH is 1. The second kappa shape index (κ2) is 14.1. The van der Waals surface area contributed by atoms with E-state index >= 15 is 0 Å². The van der Waals surface area contributed by atoms with E-state index in [9.17, 15) is 10.4 Å². The van der Waals surface area contributed by atoms with Gasteiger partial charge in [0.15, 0.2) is 5.06 Å². The van der Waals surface area contributed by atoms with Crippen molar-refractivity contribution in [1.82, 2.24) is 14.9 Å². The van der Waals surface area contributed by atoms with Gasteiger partial charge >= 0.3 is 0 Å². The monoisotopic (exact) mass is 585 g/mol. The zero-order chi connectivity index (χ0) is 29.3. The number of hydrogen-bond acceptors (Lipinski definition) is 10. The number of likely N-dealkylation sites (tertiary alicyclic amines) is 1. The number of methoxy groups -OCH3 is 1. The van der Waals surface area contributed by atoms with E-state index in [0.717, 1.165) is 66.3 Å². The van der Waals surface area contributed by atoms with E-state index < -0.39 is 0 Å². The summed E-state index contributed by atoms with van der Waals surface area (Å²) in [6.07, 6.45) is 4.16. The summed E-state index contributed by atoms with van der Waals surface area (Å²) in [6, 6.07) is 19.5. The number of nitriles is 1. The van der Waals surface area contributed by atoms with Gasteiger partial charge in [0.25, 0.3) is 0 Å². The van der Waals surface area contributed by atoms with Crippen LogP contribution in [0.25, 0.3) is 21.7 Å². The van der Waals surface area contributed by atoms with Gasteiger partial charge < -0.3 is 29.5 Å². The Hall–Kier alpha value is -4.17. The highest BCUT2D eigenvalue weighted by atomic mass is 32.1. The summed E-state index contributed by atoms with van der Waals surface area (Å²) in [4.78, 5) is 12.4. The van der Waals surface area contributed by atoms with Gasteiger partial charge in [-0.1, -0.05) is 29.5 Å². The smallest absolute Gasteiger partial charge is 0.227 e. The van der Waals surface area contributed by atoms with Gasteiger partial charge in [0.2, 0.25) is 5.95 Å². The van der Waals surface area contributed by atoms with Gasteiger partial charge in [-0.25, -0.2) is 9.97 Å². The summed E-state index contributed by atoms with van der Waals surface area (Å²) >= 11 is 1.40. The first kappa shape index (κ1) is 29.3. The van der Waals surface area contributed by atoms with Crippen molar-refractivity contribution in [2.45, 2.75) is 32.3 Å². The second-order valence-electron chi connectivity index (χ2n) is 9.94. The zero-order valence-corrected chi connectivity index (χ0v) is 24.7. The van der Waals surface area contributed by atoms with Crippen LogP contribution in [0.5, 0.6) is 16.6 Å². The van der Waals surface area contributed by atoms with Crippen LogP contribution in [0, 0.1) is 11.3 Å². The molecule has 42 heavy (non-hydrogen) atoms. The number of nitrogens with one attached hydrogen (secondary N) is 1. The molecule has 9 nitrogen and oxygen atoms in total. The maximum absolute atomic E-state index is 10.1. The van der Waals surface area contributed by atoms with Gasteiger partial charge in [-0.3, -0.25) is 0 Å². The van der Waals surface area contributed by atoms with Crippen molar-refractivity contribution in [3.05, 3.63) is 66.4 Å². The molecule has 0 atom stereocenters. The third kappa shape index (κ3) is 7.18. The Morgan fingerprint density at radius 3 is 2.69 bits per heavy atom. The first-order chi connectivity index (χ1) is 20.6. The average Bonchev–Trinajstić information content (AvgIpc) is 3.39. The van der Waals surface area contributed by atoms with Gasteiger partial charge in [-0.15, -0.1) is 0 Å². The Balaban J connectivity index is 1.32. The molecule has 1 saturated heterocycles. The van der Waals surface area contributed by atoms with E-state index in [0.29, 0.717) is 41.2 Å². The number of hydrogen-bond donors (Lipinski definition) is 2. The van der Waals surface area contributed by atoms with Crippen molar-refractivity contribution >= 4 is 23.0 Å². The molecule has 1 fully saturated rings. The van der Waals surface area contributed by atoms with Crippen molar-refractivity contribution in [2.24, 2.45) is 0 Å². The van der Waals surface area contributed by atoms with E-state index in [-0.39, 0.29) is 6.10 Å². The minimum absolute atomic E-state index is 0.152. The van der Waals surface area contributed by atoms with Crippen LogP contribution in [0.3, 0.4) is 0 Å². The highest BCUT2D eigenvalue weighted by molar-refractivity contribution is 7.18. The number of thiophene rings is 1. The molecule has 0 spiro atoms. The van der Waals surface area contributed by atoms with Crippen molar-refractivity contribution in [1.29, 1.82) is 5.26 Å². The van der Waals surface area contributed by atoms with Crippen LogP contribution in [-0.4, -0.2) is 66.0 Å². The predicted octanol–water partition coefficient (Wildman–Crippen LogP) is 6.12. The fourth-order valence-electron chi connectivity index (χ4n) is 4.94. The summed E-state index contributed by atoms with van der Waals surface area (Å²) in [7, 11) is 1.62. The molecule has 0 amide bonds. The van der Waals surface area contributed by atoms with Gasteiger partial charge in [0.1, 0.15) is 23.1 Å². The van der Waals surface area contributed by atoms with E-state index in [1.165, 1.54) is 11.3 Å². The molecular weight excluding hydrogens is 550 g/mol. The summed E-state index contributed by atoms with van der Waals surface area (Å²) < 4.78 is 17.3. The fraction of sp³-hybridized carbons (Fsp3) is 0.344. The van der Waals surface area contributed by atoms with Crippen LogP contribution in [0.2, 0.25) is 0 Å². The van der Waals surface area contributed by atoms with Crippen molar-refractivity contribution in [2.75, 3.05) is 45.3 Å². The molecule has 2 N–H and O–H groups in total. The van der Waals surface area contributed by atoms with Crippen LogP contribution >= 0.6 is 11.3 Å². The van der Waals surface area contributed by atoms with Gasteiger partial charge in [0, 0.05) is 43.1 Å². The first-order valence-electron chi connectivity index (χ1n) is 14.2.